The number of imidazole rings is 1. The number of hydrogen-bond acceptors (Lipinski definition) is 4. The molecule has 3 aliphatic rings. The van der Waals surface area contributed by atoms with Crippen molar-refractivity contribution in [3.8, 4) is 0 Å². The highest BCUT2D eigenvalue weighted by Crippen LogP contribution is 2.47. The summed E-state index contributed by atoms with van der Waals surface area (Å²) in [6, 6.07) is 5.71. The van der Waals surface area contributed by atoms with Crippen LogP contribution in [0.1, 0.15) is 79.7 Å². The number of aromatic nitrogens is 3. The molecule has 44 heavy (non-hydrogen) atoms. The highest BCUT2D eigenvalue weighted by molar-refractivity contribution is 9.10. The lowest BCUT2D eigenvalue weighted by Crippen LogP contribution is -2.58. The van der Waals surface area contributed by atoms with E-state index in [0.29, 0.717) is 24.5 Å². The third-order valence-corrected chi connectivity index (χ3v) is 10.8. The number of piperidine rings is 1. The number of nitrogens with one attached hydrogen (secondary N) is 2. The zero-order valence-corrected chi connectivity index (χ0v) is 28.7. The first kappa shape index (κ1) is 31.5. The highest BCUT2D eigenvalue weighted by atomic mass is 79.9. The first-order valence-corrected chi connectivity index (χ1v) is 17.8. The summed E-state index contributed by atoms with van der Waals surface area (Å²) in [6.07, 6.45) is 16.7. The molecule has 2 unspecified atom stereocenters. The number of nitrogens with zero attached hydrogens (tertiary/aromatic N) is 4. The third-order valence-electron chi connectivity index (χ3n) is 9.48. The quantitative estimate of drug-likeness (QED) is 0.255. The molecule has 6 rings (SSSR count). The van der Waals surface area contributed by atoms with E-state index in [9.17, 15) is 9.59 Å². The fourth-order valence-electron chi connectivity index (χ4n) is 7.33. The van der Waals surface area contributed by atoms with E-state index in [-0.39, 0.29) is 29.8 Å². The number of amides is 3. The first-order chi connectivity index (χ1) is 21.4. The third kappa shape index (κ3) is 7.18. The predicted molar refractivity (Wildman–Crippen MR) is 179 cm³/mol. The smallest absolute Gasteiger partial charge is 0.318 e. The highest BCUT2D eigenvalue weighted by Gasteiger charge is 2.42. The second kappa shape index (κ2) is 14.3. The van der Waals surface area contributed by atoms with E-state index < -0.39 is 6.04 Å². The number of hydrogen-bond donors (Lipinski definition) is 2. The zero-order chi connectivity index (χ0) is 30.6. The summed E-state index contributed by atoms with van der Waals surface area (Å²) >= 11 is 14.0. The van der Waals surface area contributed by atoms with Gasteiger partial charge in [-0.1, -0.05) is 46.8 Å². The Labute approximate surface area is 281 Å². The summed E-state index contributed by atoms with van der Waals surface area (Å²) in [6.45, 7) is 1.82. The summed E-state index contributed by atoms with van der Waals surface area (Å²) in [5, 5.41) is 7.14. The number of carbonyl (C=O) groups is 2. The normalized spacial score (nSPS) is 22.1. The Balaban J connectivity index is 1.28. The summed E-state index contributed by atoms with van der Waals surface area (Å²) in [7, 11) is 0. The van der Waals surface area contributed by atoms with E-state index in [1.165, 1.54) is 23.1 Å². The van der Waals surface area contributed by atoms with Gasteiger partial charge in [-0.2, -0.15) is 0 Å². The van der Waals surface area contributed by atoms with Gasteiger partial charge in [-0.3, -0.25) is 9.78 Å². The molecule has 234 valence electrons. The Bertz CT molecular complexity index is 1480. The molecule has 1 aliphatic heterocycles. The molecular weight excluding hydrogens is 708 g/mol. The molecule has 8 nitrogen and oxygen atoms in total. The maximum Gasteiger partial charge on any atom is 0.318 e. The van der Waals surface area contributed by atoms with Crippen LogP contribution in [-0.2, 0) is 24.2 Å². The van der Waals surface area contributed by atoms with Crippen molar-refractivity contribution in [1.29, 1.82) is 0 Å². The van der Waals surface area contributed by atoms with E-state index in [0.717, 1.165) is 72.6 Å². The molecule has 1 saturated heterocycles. The fraction of sp³-hybridized carbons (Fsp3) is 0.515. The molecule has 2 aromatic heterocycles. The van der Waals surface area contributed by atoms with E-state index in [1.54, 1.807) is 17.4 Å². The number of benzene rings is 1. The molecule has 0 radical (unpaired) electrons. The SMILES string of the molecule is O=C(NCCCn1ccnc1)C1CC([C@H]2c3ncc(Br)cc3CCc3cc(Cl)cc(Br)c32)CCN1C(=O)NC1CCCCC1. The zero-order valence-electron chi connectivity index (χ0n) is 24.8. The molecule has 2 N–H and O–H groups in total. The number of aryl methyl sites for hydroxylation is 3. The van der Waals surface area contributed by atoms with Crippen LogP contribution in [0.3, 0.4) is 0 Å². The van der Waals surface area contributed by atoms with Crippen molar-refractivity contribution in [3.63, 3.8) is 0 Å². The van der Waals surface area contributed by atoms with E-state index in [1.807, 2.05) is 23.0 Å². The van der Waals surface area contributed by atoms with Crippen LogP contribution in [0.4, 0.5) is 4.79 Å². The Morgan fingerprint density at radius 2 is 1.86 bits per heavy atom. The number of halogens is 3. The molecule has 3 heterocycles. The van der Waals surface area contributed by atoms with Crippen LogP contribution in [0.25, 0.3) is 0 Å². The van der Waals surface area contributed by atoms with Gasteiger partial charge in [0.15, 0.2) is 0 Å². The van der Waals surface area contributed by atoms with Gasteiger partial charge in [-0.05, 0) is 102 Å². The van der Waals surface area contributed by atoms with Gasteiger partial charge >= 0.3 is 6.03 Å². The maximum atomic E-state index is 13.9. The van der Waals surface area contributed by atoms with Gasteiger partial charge < -0.3 is 20.1 Å². The predicted octanol–water partition coefficient (Wildman–Crippen LogP) is 7.02. The number of carbonyl (C=O) groups excluding carboxylic acids is 2. The average molecular weight is 747 g/mol. The van der Waals surface area contributed by atoms with Gasteiger partial charge in [-0.15, -0.1) is 0 Å². The Hall–Kier alpha value is -2.43. The number of fused-ring (bicyclic) bond motifs is 2. The van der Waals surface area contributed by atoms with Crippen LogP contribution in [0.15, 0.2) is 52.1 Å². The molecule has 0 bridgehead atoms. The van der Waals surface area contributed by atoms with Gasteiger partial charge in [0, 0.05) is 64.2 Å². The van der Waals surface area contributed by atoms with Crippen LogP contribution in [-0.4, -0.2) is 56.5 Å². The molecule has 11 heteroatoms. The van der Waals surface area contributed by atoms with Crippen molar-refractivity contribution in [3.05, 3.63) is 79.5 Å². The minimum Gasteiger partial charge on any atom is -0.354 e. The van der Waals surface area contributed by atoms with Crippen LogP contribution < -0.4 is 10.6 Å². The van der Waals surface area contributed by atoms with Crippen molar-refractivity contribution in [2.75, 3.05) is 13.1 Å². The van der Waals surface area contributed by atoms with Gasteiger partial charge in [0.2, 0.25) is 5.91 Å². The van der Waals surface area contributed by atoms with Crippen LogP contribution >= 0.6 is 43.5 Å². The Kier molecular flexibility index (Phi) is 10.3. The minimum atomic E-state index is -0.567. The van der Waals surface area contributed by atoms with Gasteiger partial charge in [0.25, 0.3) is 0 Å². The van der Waals surface area contributed by atoms with E-state index in [2.05, 4.69) is 59.6 Å². The van der Waals surface area contributed by atoms with E-state index in [4.69, 9.17) is 16.6 Å². The minimum absolute atomic E-state index is 0.0256. The van der Waals surface area contributed by atoms with E-state index >= 15 is 0 Å². The topological polar surface area (TPSA) is 92.2 Å². The number of likely N-dealkylation sites (tertiary alicyclic amines) is 1. The second-order valence-electron chi connectivity index (χ2n) is 12.4. The lowest BCUT2D eigenvalue weighted by atomic mass is 9.74. The molecule has 2 aliphatic carbocycles. The molecule has 1 aromatic carbocycles. The lowest BCUT2D eigenvalue weighted by Gasteiger charge is -2.42. The molecule has 1 saturated carbocycles. The van der Waals surface area contributed by atoms with Crippen LogP contribution in [0.5, 0.6) is 0 Å². The number of urea groups is 1. The second-order valence-corrected chi connectivity index (χ2v) is 14.6. The summed E-state index contributed by atoms with van der Waals surface area (Å²) < 4.78 is 3.93. The summed E-state index contributed by atoms with van der Waals surface area (Å²) in [4.78, 5) is 38.5. The first-order valence-electron chi connectivity index (χ1n) is 15.8. The van der Waals surface area contributed by atoms with Crippen molar-refractivity contribution < 1.29 is 9.59 Å². The number of rotatable bonds is 7. The maximum absolute atomic E-state index is 13.9. The van der Waals surface area contributed by atoms with Gasteiger partial charge in [-0.25, -0.2) is 9.78 Å². The van der Waals surface area contributed by atoms with Gasteiger partial charge in [0.1, 0.15) is 6.04 Å². The largest absolute Gasteiger partial charge is 0.354 e. The monoisotopic (exact) mass is 744 g/mol. The molecule has 0 spiro atoms. The van der Waals surface area contributed by atoms with Crippen molar-refractivity contribution in [1.82, 2.24) is 30.1 Å². The van der Waals surface area contributed by atoms with Gasteiger partial charge in [0.05, 0.1) is 12.0 Å². The van der Waals surface area contributed by atoms with Crippen molar-refractivity contribution in [2.24, 2.45) is 5.92 Å². The molecular formula is C33H39Br2ClN6O2. The van der Waals surface area contributed by atoms with Crippen molar-refractivity contribution >= 4 is 55.4 Å². The van der Waals surface area contributed by atoms with Crippen molar-refractivity contribution in [2.45, 2.75) is 88.8 Å². The average Bonchev–Trinajstić information content (AvgIpc) is 3.48. The standard InChI is InChI=1S/C33H39Br2ClN6O2/c34-24-15-23-8-7-21-16-25(36)18-27(35)29(21)30(31(23)39-19-24)22-9-13-42(33(44)40-26-5-2-1-3-6-26)28(17-22)32(43)38-10-4-12-41-14-11-37-20-41/h11,14-16,18-20,22,26,28,30H,1-10,12-13,17H2,(H,38,43)(H,40,44)/t22?,28?,30-/m1/s1. The summed E-state index contributed by atoms with van der Waals surface area (Å²) in [5.74, 6) is -0.00773. The van der Waals surface area contributed by atoms with Crippen LogP contribution in [0, 0.1) is 5.92 Å². The Morgan fingerprint density at radius 1 is 1.05 bits per heavy atom. The fourth-order valence-corrected chi connectivity index (χ4v) is 8.83. The van der Waals surface area contributed by atoms with Crippen LogP contribution in [0.2, 0.25) is 5.02 Å². The molecule has 3 amide bonds. The molecule has 3 atom stereocenters. The Morgan fingerprint density at radius 3 is 2.66 bits per heavy atom. The lowest BCUT2D eigenvalue weighted by molar-refractivity contribution is -0.127. The molecule has 2 fully saturated rings. The summed E-state index contributed by atoms with van der Waals surface area (Å²) in [5.41, 5.74) is 4.68. The molecule has 3 aromatic rings. The number of pyridine rings is 1.